The molecule has 0 amide bonds. The van der Waals surface area contributed by atoms with Crippen LogP contribution in [0.1, 0.15) is 0 Å². The fraction of sp³-hybridized carbons (Fsp3) is 0. The minimum Gasteiger partial charge on any atom is -0.309 e. The number of fused-ring (bicyclic) bond motifs is 7. The van der Waals surface area contributed by atoms with Gasteiger partial charge in [-0.15, -0.1) is 0 Å². The van der Waals surface area contributed by atoms with Gasteiger partial charge in [-0.3, -0.25) is 0 Å². The lowest BCUT2D eigenvalue weighted by molar-refractivity contribution is 1.18. The maximum Gasteiger partial charge on any atom is 0.160 e. The van der Waals surface area contributed by atoms with Crippen molar-refractivity contribution in [2.24, 2.45) is 0 Å². The number of para-hydroxylation sites is 3. The summed E-state index contributed by atoms with van der Waals surface area (Å²) >= 11 is 0. The zero-order valence-electron chi connectivity index (χ0n) is 34.2. The molecule has 294 valence electrons. The van der Waals surface area contributed by atoms with Crippen LogP contribution in [0.2, 0.25) is 0 Å². The van der Waals surface area contributed by atoms with Gasteiger partial charge in [0.1, 0.15) is 0 Å². The Morgan fingerprint density at radius 1 is 0.286 bits per heavy atom. The second kappa shape index (κ2) is 15.2. The predicted molar refractivity (Wildman–Crippen MR) is 262 cm³/mol. The lowest BCUT2D eigenvalue weighted by atomic mass is 9.95. The maximum atomic E-state index is 5.33. The first-order valence-electron chi connectivity index (χ1n) is 21.4. The van der Waals surface area contributed by atoms with Gasteiger partial charge in [0.05, 0.1) is 33.6 Å². The number of benzene rings is 9. The van der Waals surface area contributed by atoms with Gasteiger partial charge in [-0.25, -0.2) is 15.0 Å². The molecule has 0 aliphatic carbocycles. The van der Waals surface area contributed by atoms with Crippen molar-refractivity contribution in [1.29, 1.82) is 0 Å². The molecule has 0 fully saturated rings. The molecule has 0 radical (unpaired) electrons. The topological polar surface area (TPSA) is 43.6 Å². The number of aromatic nitrogens is 4. The van der Waals surface area contributed by atoms with E-state index in [2.05, 4.69) is 223 Å². The molecule has 4 nitrogen and oxygen atoms in total. The summed E-state index contributed by atoms with van der Waals surface area (Å²) in [6, 6.07) is 81.4. The number of nitrogens with zero attached hydrogens (tertiary/aromatic N) is 4. The molecule has 0 spiro atoms. The Bertz CT molecular complexity index is 3630. The van der Waals surface area contributed by atoms with Crippen molar-refractivity contribution in [1.82, 2.24) is 19.5 Å². The standard InChI is InChI=1S/C59H38N4/c1-4-15-39(16-5-1)45-19-14-20-46(37-45)53-38-52(42-17-6-2-7-18-42)61-59(62-53)44-33-29-41(30-34-44)40-27-31-43(32-28-40)58-50-35-36-55-57(56(50)48-23-10-12-25-51(48)60-58)49-24-11-13-26-54(49)63(55)47-21-8-3-9-22-47/h1-38H. The molecule has 63 heavy (non-hydrogen) atoms. The van der Waals surface area contributed by atoms with Gasteiger partial charge < -0.3 is 4.57 Å². The van der Waals surface area contributed by atoms with Crippen LogP contribution in [-0.4, -0.2) is 19.5 Å². The van der Waals surface area contributed by atoms with Gasteiger partial charge >= 0.3 is 0 Å². The monoisotopic (exact) mass is 802 g/mol. The Hall–Kier alpha value is -8.47. The third-order valence-corrected chi connectivity index (χ3v) is 12.2. The highest BCUT2D eigenvalue weighted by atomic mass is 15.0. The zero-order chi connectivity index (χ0) is 41.7. The van der Waals surface area contributed by atoms with Crippen molar-refractivity contribution in [3.63, 3.8) is 0 Å². The third kappa shape index (κ3) is 6.44. The van der Waals surface area contributed by atoms with Gasteiger partial charge in [0.15, 0.2) is 5.82 Å². The van der Waals surface area contributed by atoms with Crippen LogP contribution in [0.4, 0.5) is 0 Å². The minimum atomic E-state index is 0.689. The molecule has 3 aromatic heterocycles. The van der Waals surface area contributed by atoms with E-state index in [9.17, 15) is 0 Å². The molecule has 4 heteroatoms. The van der Waals surface area contributed by atoms with Gasteiger partial charge in [0.2, 0.25) is 0 Å². The van der Waals surface area contributed by atoms with Crippen molar-refractivity contribution in [2.75, 3.05) is 0 Å². The smallest absolute Gasteiger partial charge is 0.160 e. The molecule has 0 N–H and O–H groups in total. The number of hydrogen-bond donors (Lipinski definition) is 0. The second-order valence-electron chi connectivity index (χ2n) is 16.0. The molecule has 0 saturated carbocycles. The van der Waals surface area contributed by atoms with E-state index < -0.39 is 0 Å². The Balaban J connectivity index is 0.923. The van der Waals surface area contributed by atoms with Crippen LogP contribution in [0.15, 0.2) is 231 Å². The van der Waals surface area contributed by atoms with Crippen molar-refractivity contribution in [3.05, 3.63) is 231 Å². The first-order chi connectivity index (χ1) is 31.2. The van der Waals surface area contributed by atoms with E-state index in [0.29, 0.717) is 5.82 Å². The van der Waals surface area contributed by atoms with Crippen LogP contribution >= 0.6 is 0 Å². The van der Waals surface area contributed by atoms with E-state index in [1.807, 2.05) is 12.1 Å². The van der Waals surface area contributed by atoms with E-state index in [4.69, 9.17) is 15.0 Å². The molecule has 0 aliphatic rings. The SMILES string of the molecule is c1ccc(-c2cccc(-c3cc(-c4ccccc4)nc(-c4ccc(-c5ccc(-c6nc7ccccc7c7c6ccc6c7c7ccccc7n6-c6ccccc6)cc5)cc4)n3)c2)cc1. The van der Waals surface area contributed by atoms with Gasteiger partial charge in [0, 0.05) is 54.9 Å². The Morgan fingerprint density at radius 2 is 0.825 bits per heavy atom. The molecule has 12 aromatic rings. The molecule has 0 aliphatic heterocycles. The van der Waals surface area contributed by atoms with Crippen LogP contribution in [0.5, 0.6) is 0 Å². The fourth-order valence-electron chi connectivity index (χ4n) is 9.18. The van der Waals surface area contributed by atoms with Crippen LogP contribution in [-0.2, 0) is 0 Å². The van der Waals surface area contributed by atoms with E-state index >= 15 is 0 Å². The number of pyridine rings is 1. The molecule has 0 unspecified atom stereocenters. The van der Waals surface area contributed by atoms with E-state index in [0.717, 1.165) is 78.0 Å². The van der Waals surface area contributed by atoms with Crippen molar-refractivity contribution in [2.45, 2.75) is 0 Å². The summed E-state index contributed by atoms with van der Waals surface area (Å²) < 4.78 is 2.38. The summed E-state index contributed by atoms with van der Waals surface area (Å²) in [7, 11) is 0. The first-order valence-corrected chi connectivity index (χ1v) is 21.4. The molecular weight excluding hydrogens is 765 g/mol. The Labute approximate surface area is 365 Å². The Kier molecular flexibility index (Phi) is 8.79. The summed E-state index contributed by atoms with van der Waals surface area (Å²) in [4.78, 5) is 15.6. The first kappa shape index (κ1) is 36.4. The average molecular weight is 803 g/mol. The molecule has 0 saturated heterocycles. The molecule has 0 bridgehead atoms. The molecular formula is C59H38N4. The lowest BCUT2D eigenvalue weighted by Gasteiger charge is -2.13. The van der Waals surface area contributed by atoms with Crippen LogP contribution in [0.3, 0.4) is 0 Å². The second-order valence-corrected chi connectivity index (χ2v) is 16.0. The highest BCUT2D eigenvalue weighted by molar-refractivity contribution is 6.29. The summed E-state index contributed by atoms with van der Waals surface area (Å²) in [6.45, 7) is 0. The highest BCUT2D eigenvalue weighted by Gasteiger charge is 2.20. The fourth-order valence-corrected chi connectivity index (χ4v) is 9.18. The summed E-state index contributed by atoms with van der Waals surface area (Å²) in [6.07, 6.45) is 0. The van der Waals surface area contributed by atoms with Gasteiger partial charge in [0.25, 0.3) is 0 Å². The zero-order valence-corrected chi connectivity index (χ0v) is 34.2. The summed E-state index contributed by atoms with van der Waals surface area (Å²) in [5.41, 5.74) is 15.9. The molecule has 9 aromatic carbocycles. The molecule has 12 rings (SSSR count). The number of rotatable bonds is 7. The van der Waals surface area contributed by atoms with E-state index in [1.165, 1.54) is 32.8 Å². The summed E-state index contributed by atoms with van der Waals surface area (Å²) in [5.74, 6) is 0.689. The van der Waals surface area contributed by atoms with Crippen molar-refractivity contribution in [3.8, 4) is 73.1 Å². The van der Waals surface area contributed by atoms with Crippen LogP contribution < -0.4 is 0 Å². The quantitative estimate of drug-likeness (QED) is 0.151. The number of hydrogen-bond acceptors (Lipinski definition) is 3. The summed E-state index contributed by atoms with van der Waals surface area (Å²) in [5, 5.41) is 5.99. The predicted octanol–water partition coefficient (Wildman–Crippen LogP) is 15.3. The van der Waals surface area contributed by atoms with Gasteiger partial charge in [-0.2, -0.15) is 0 Å². The van der Waals surface area contributed by atoms with Crippen LogP contribution in [0.25, 0.3) is 117 Å². The van der Waals surface area contributed by atoms with Crippen molar-refractivity contribution >= 4 is 43.5 Å². The Morgan fingerprint density at radius 3 is 1.56 bits per heavy atom. The molecule has 0 atom stereocenters. The van der Waals surface area contributed by atoms with Crippen LogP contribution in [0, 0.1) is 0 Å². The van der Waals surface area contributed by atoms with Crippen molar-refractivity contribution < 1.29 is 0 Å². The third-order valence-electron chi connectivity index (χ3n) is 12.2. The minimum absolute atomic E-state index is 0.689. The molecule has 3 heterocycles. The van der Waals surface area contributed by atoms with E-state index in [-0.39, 0.29) is 0 Å². The largest absolute Gasteiger partial charge is 0.309 e. The highest BCUT2D eigenvalue weighted by Crippen LogP contribution is 2.42. The maximum absolute atomic E-state index is 5.33. The van der Waals surface area contributed by atoms with Gasteiger partial charge in [-0.05, 0) is 64.7 Å². The normalized spacial score (nSPS) is 11.5. The van der Waals surface area contributed by atoms with E-state index in [1.54, 1.807) is 0 Å². The average Bonchev–Trinajstić information content (AvgIpc) is 3.71. The lowest BCUT2D eigenvalue weighted by Crippen LogP contribution is -1.96. The van der Waals surface area contributed by atoms with Gasteiger partial charge in [-0.1, -0.05) is 188 Å².